The van der Waals surface area contributed by atoms with Gasteiger partial charge in [0, 0.05) is 43.0 Å². The SMILES string of the molecule is CCOCC1CCN(CC(NC(=O)c2ncc(-c3cncc(OCC)n3)s2)c2cc(NSC3CC3)ccn2)C1. The van der Waals surface area contributed by atoms with Gasteiger partial charge in [-0.05, 0) is 69.7 Å². The second kappa shape index (κ2) is 13.5. The Balaban J connectivity index is 1.30. The molecule has 1 amide bonds. The molecule has 1 aliphatic heterocycles. The first kappa shape index (κ1) is 27.8. The zero-order valence-corrected chi connectivity index (χ0v) is 24.0. The van der Waals surface area contributed by atoms with Crippen LogP contribution in [0.25, 0.3) is 10.6 Å². The van der Waals surface area contributed by atoms with Gasteiger partial charge in [0.25, 0.3) is 5.91 Å². The molecule has 1 saturated carbocycles. The molecule has 0 spiro atoms. The van der Waals surface area contributed by atoms with Gasteiger partial charge in [0.1, 0.15) is 5.69 Å². The van der Waals surface area contributed by atoms with Crippen molar-refractivity contribution in [1.82, 2.24) is 30.2 Å². The second-order valence-electron chi connectivity index (χ2n) is 9.69. The number of nitrogens with zero attached hydrogens (tertiary/aromatic N) is 5. The molecule has 4 heterocycles. The summed E-state index contributed by atoms with van der Waals surface area (Å²) in [5.41, 5.74) is 2.45. The van der Waals surface area contributed by atoms with E-state index in [2.05, 4.69) is 34.9 Å². The summed E-state index contributed by atoms with van der Waals surface area (Å²) < 4.78 is 14.6. The summed E-state index contributed by atoms with van der Waals surface area (Å²) in [4.78, 5) is 34.3. The number of rotatable bonds is 14. The molecule has 3 aromatic rings. The quantitative estimate of drug-likeness (QED) is 0.270. The molecule has 0 bridgehead atoms. The number of amides is 1. The van der Waals surface area contributed by atoms with E-state index in [0.29, 0.717) is 40.9 Å². The first-order valence-corrected chi connectivity index (χ1v) is 15.2. The Morgan fingerprint density at radius 1 is 1.21 bits per heavy atom. The van der Waals surface area contributed by atoms with E-state index in [4.69, 9.17) is 9.47 Å². The zero-order chi connectivity index (χ0) is 27.0. The van der Waals surface area contributed by atoms with Gasteiger partial charge in [-0.15, -0.1) is 11.3 Å². The fraction of sp³-hybridized carbons (Fsp3) is 0.519. The third-order valence-electron chi connectivity index (χ3n) is 6.54. The van der Waals surface area contributed by atoms with E-state index in [1.165, 1.54) is 24.2 Å². The second-order valence-corrected chi connectivity index (χ2v) is 11.8. The van der Waals surface area contributed by atoms with Gasteiger partial charge >= 0.3 is 0 Å². The normalized spacial score (nSPS) is 18.2. The highest BCUT2D eigenvalue weighted by Crippen LogP contribution is 2.34. The minimum atomic E-state index is -0.288. The lowest BCUT2D eigenvalue weighted by Gasteiger charge is -2.24. The van der Waals surface area contributed by atoms with Crippen LogP contribution in [-0.4, -0.2) is 75.4 Å². The molecule has 2 unspecified atom stereocenters. The maximum Gasteiger partial charge on any atom is 0.280 e. The van der Waals surface area contributed by atoms with Crippen LogP contribution >= 0.6 is 23.3 Å². The van der Waals surface area contributed by atoms with E-state index in [9.17, 15) is 4.79 Å². The fourth-order valence-electron chi connectivity index (χ4n) is 4.41. The number of carbonyl (C=O) groups excluding carboxylic acids is 1. The Morgan fingerprint density at radius 3 is 2.92 bits per heavy atom. The van der Waals surface area contributed by atoms with Crippen LogP contribution in [0.15, 0.2) is 36.9 Å². The van der Waals surface area contributed by atoms with Crippen molar-refractivity contribution < 1.29 is 14.3 Å². The summed E-state index contributed by atoms with van der Waals surface area (Å²) in [6.07, 6.45) is 10.3. The average molecular weight is 570 g/mol. The number of anilines is 1. The van der Waals surface area contributed by atoms with Crippen LogP contribution in [0.1, 0.15) is 54.6 Å². The highest BCUT2D eigenvalue weighted by molar-refractivity contribution is 8.01. The molecule has 2 N–H and O–H groups in total. The minimum Gasteiger partial charge on any atom is -0.477 e. The molecule has 5 rings (SSSR count). The molecule has 0 aromatic carbocycles. The molecule has 2 aliphatic rings. The molecule has 1 saturated heterocycles. The molecule has 2 atom stereocenters. The highest BCUT2D eigenvalue weighted by Gasteiger charge is 2.28. The fourth-order valence-corrected chi connectivity index (χ4v) is 5.99. The number of likely N-dealkylation sites (tertiary alicyclic amines) is 1. The Morgan fingerprint density at radius 2 is 2.10 bits per heavy atom. The van der Waals surface area contributed by atoms with Crippen molar-refractivity contribution in [2.24, 2.45) is 5.92 Å². The molecular formula is C27H35N7O3S2. The third kappa shape index (κ3) is 7.87. The minimum absolute atomic E-state index is 0.234. The largest absolute Gasteiger partial charge is 0.477 e. The van der Waals surface area contributed by atoms with Crippen molar-refractivity contribution in [3.05, 3.63) is 47.6 Å². The van der Waals surface area contributed by atoms with Gasteiger partial charge in [-0.2, -0.15) is 0 Å². The molecule has 12 heteroatoms. The highest BCUT2D eigenvalue weighted by atomic mass is 32.2. The number of ether oxygens (including phenoxy) is 2. The van der Waals surface area contributed by atoms with Gasteiger partial charge in [0.2, 0.25) is 5.88 Å². The number of hydrogen-bond donors (Lipinski definition) is 2. The van der Waals surface area contributed by atoms with Gasteiger partial charge in [0.05, 0.1) is 42.2 Å². The lowest BCUT2D eigenvalue weighted by molar-refractivity contribution is 0.0920. The summed E-state index contributed by atoms with van der Waals surface area (Å²) in [6.45, 7) is 8.51. The summed E-state index contributed by atoms with van der Waals surface area (Å²) >= 11 is 3.04. The van der Waals surface area contributed by atoms with Crippen LogP contribution in [0, 0.1) is 5.92 Å². The van der Waals surface area contributed by atoms with Crippen molar-refractivity contribution >= 4 is 34.9 Å². The standard InChI is InChI=1S/C27H35N7O3S2/c1-3-36-17-18-8-10-34(15-18)16-23(21-11-19(7-9-29-21)33-39-20-5-6-20)32-26(35)27-30-13-24(38-27)22-12-28-14-25(31-22)37-4-2/h7,9,11-14,18,20,23H,3-6,8,10,15-17H2,1-2H3,(H,29,33)(H,32,35). The van der Waals surface area contributed by atoms with E-state index in [1.54, 1.807) is 36.7 Å². The number of aromatic nitrogens is 4. The molecule has 2 fully saturated rings. The van der Waals surface area contributed by atoms with Crippen LogP contribution in [0.2, 0.25) is 0 Å². The molecule has 3 aromatic heterocycles. The maximum atomic E-state index is 13.4. The third-order valence-corrected chi connectivity index (χ3v) is 8.71. The monoisotopic (exact) mass is 569 g/mol. The zero-order valence-electron chi connectivity index (χ0n) is 22.3. The van der Waals surface area contributed by atoms with Gasteiger partial charge < -0.3 is 24.4 Å². The van der Waals surface area contributed by atoms with E-state index >= 15 is 0 Å². The molecule has 208 valence electrons. The van der Waals surface area contributed by atoms with Crippen molar-refractivity contribution in [2.45, 2.75) is 44.4 Å². The molecular weight excluding hydrogens is 534 g/mol. The van der Waals surface area contributed by atoms with Crippen molar-refractivity contribution in [2.75, 3.05) is 44.2 Å². The Hall–Kier alpha value is -2.80. The topological polar surface area (TPSA) is 114 Å². The first-order chi connectivity index (χ1) is 19.1. The van der Waals surface area contributed by atoms with Crippen LogP contribution < -0.4 is 14.8 Å². The molecule has 1 aliphatic carbocycles. The van der Waals surface area contributed by atoms with Gasteiger partial charge in [-0.25, -0.2) is 9.97 Å². The number of hydrogen-bond acceptors (Lipinski definition) is 11. The van der Waals surface area contributed by atoms with E-state index in [1.807, 2.05) is 26.0 Å². The Kier molecular flexibility index (Phi) is 9.62. The first-order valence-electron chi connectivity index (χ1n) is 13.5. The lowest BCUT2D eigenvalue weighted by atomic mass is 10.1. The smallest absolute Gasteiger partial charge is 0.280 e. The Labute approximate surface area is 237 Å². The molecule has 10 nitrogen and oxygen atoms in total. The van der Waals surface area contributed by atoms with E-state index in [-0.39, 0.29) is 11.9 Å². The summed E-state index contributed by atoms with van der Waals surface area (Å²) in [7, 11) is 0. The summed E-state index contributed by atoms with van der Waals surface area (Å²) in [5.74, 6) is 0.720. The molecule has 39 heavy (non-hydrogen) atoms. The summed E-state index contributed by atoms with van der Waals surface area (Å²) in [5, 5.41) is 4.26. The number of thiazole rings is 1. The van der Waals surface area contributed by atoms with Gasteiger partial charge in [-0.1, -0.05) is 0 Å². The number of carbonyl (C=O) groups is 1. The van der Waals surface area contributed by atoms with Crippen LogP contribution in [0.4, 0.5) is 5.69 Å². The number of nitrogens with one attached hydrogen (secondary N) is 2. The van der Waals surface area contributed by atoms with Crippen molar-refractivity contribution in [1.29, 1.82) is 0 Å². The van der Waals surface area contributed by atoms with Crippen LogP contribution in [0.3, 0.4) is 0 Å². The lowest BCUT2D eigenvalue weighted by Crippen LogP contribution is -2.38. The van der Waals surface area contributed by atoms with Gasteiger partial charge in [-0.3, -0.25) is 14.8 Å². The van der Waals surface area contributed by atoms with Gasteiger partial charge in [0.15, 0.2) is 5.01 Å². The predicted molar refractivity (Wildman–Crippen MR) is 154 cm³/mol. The van der Waals surface area contributed by atoms with Crippen molar-refractivity contribution in [3.63, 3.8) is 0 Å². The van der Waals surface area contributed by atoms with Crippen LogP contribution in [-0.2, 0) is 4.74 Å². The van der Waals surface area contributed by atoms with Crippen molar-refractivity contribution in [3.8, 4) is 16.5 Å². The van der Waals surface area contributed by atoms with E-state index < -0.39 is 0 Å². The predicted octanol–water partition coefficient (Wildman–Crippen LogP) is 4.45. The Bertz CT molecular complexity index is 1240. The maximum absolute atomic E-state index is 13.4. The average Bonchev–Trinajstić information content (AvgIpc) is 3.45. The molecule has 0 radical (unpaired) electrons. The summed E-state index contributed by atoms with van der Waals surface area (Å²) in [6, 6.07) is 3.72. The number of pyridine rings is 1. The van der Waals surface area contributed by atoms with E-state index in [0.717, 1.165) is 49.0 Å². The van der Waals surface area contributed by atoms with Crippen LogP contribution in [0.5, 0.6) is 5.88 Å².